The van der Waals surface area contributed by atoms with Gasteiger partial charge in [-0.3, -0.25) is 9.48 Å². The van der Waals surface area contributed by atoms with Gasteiger partial charge in [-0.25, -0.2) is 0 Å². The molecule has 0 fully saturated rings. The van der Waals surface area contributed by atoms with E-state index in [1.807, 2.05) is 0 Å². The zero-order valence-corrected chi connectivity index (χ0v) is 14.5. The van der Waals surface area contributed by atoms with Gasteiger partial charge in [-0.15, -0.1) is 12.4 Å². The highest BCUT2D eigenvalue weighted by Crippen LogP contribution is 2.34. The number of aromatic nitrogens is 2. The van der Waals surface area contributed by atoms with Crippen molar-refractivity contribution >= 4 is 29.8 Å². The first-order valence-corrected chi connectivity index (χ1v) is 7.14. The van der Waals surface area contributed by atoms with Gasteiger partial charge in [0, 0.05) is 25.0 Å². The van der Waals surface area contributed by atoms with Gasteiger partial charge in [0.25, 0.3) is 0 Å². The van der Waals surface area contributed by atoms with E-state index >= 15 is 0 Å². The van der Waals surface area contributed by atoms with Gasteiger partial charge in [0.15, 0.2) is 5.78 Å². The van der Waals surface area contributed by atoms with Crippen LogP contribution in [0.25, 0.3) is 0 Å². The molecule has 4 nitrogen and oxygen atoms in total. The maximum Gasteiger partial charge on any atom is 0.420 e. The second-order valence-electron chi connectivity index (χ2n) is 5.16. The van der Waals surface area contributed by atoms with Crippen molar-refractivity contribution in [2.24, 2.45) is 12.8 Å². The zero-order chi connectivity index (χ0) is 17.4. The summed E-state index contributed by atoms with van der Waals surface area (Å²) in [6, 6.07) is 4.79. The summed E-state index contributed by atoms with van der Waals surface area (Å²) < 4.78 is 40.4. The number of ketones is 1. The molecule has 132 valence electrons. The molecule has 2 aromatic rings. The first kappa shape index (κ1) is 20.5. The number of rotatable bonds is 4. The van der Waals surface area contributed by atoms with Gasteiger partial charge in [0.2, 0.25) is 0 Å². The lowest BCUT2D eigenvalue weighted by Gasteiger charge is -2.10. The van der Waals surface area contributed by atoms with Crippen molar-refractivity contribution in [2.45, 2.75) is 26.1 Å². The first-order valence-electron chi connectivity index (χ1n) is 6.76. The highest BCUT2D eigenvalue weighted by atomic mass is 35.5. The summed E-state index contributed by atoms with van der Waals surface area (Å²) in [5, 5.41) is 4.18. The monoisotopic (exact) mass is 381 g/mol. The fourth-order valence-corrected chi connectivity index (χ4v) is 2.68. The van der Waals surface area contributed by atoms with Crippen molar-refractivity contribution in [3.05, 3.63) is 51.3 Å². The van der Waals surface area contributed by atoms with Gasteiger partial charge in [-0.1, -0.05) is 23.7 Å². The molecule has 24 heavy (non-hydrogen) atoms. The normalized spacial score (nSPS) is 11.3. The number of carbonyl (C=O) groups excluding carboxylic acids is 1. The minimum atomic E-state index is -4.63. The fourth-order valence-electron chi connectivity index (χ4n) is 2.48. The number of benzene rings is 1. The Morgan fingerprint density at radius 2 is 2.00 bits per heavy atom. The Hall–Kier alpha value is -1.57. The Morgan fingerprint density at radius 1 is 1.38 bits per heavy atom. The standard InChI is InChI=1S/C15H15ClF3N3O.ClH/c1-8-13(15(17,18)19)14(22(2)21-8)12(23)6-9-3-4-11(16)10(5-9)7-20;/h3-5H,6-7,20H2,1-2H3;1H. The van der Waals surface area contributed by atoms with Crippen LogP contribution in [-0.4, -0.2) is 15.6 Å². The highest BCUT2D eigenvalue weighted by molar-refractivity contribution is 6.31. The minimum Gasteiger partial charge on any atom is -0.326 e. The van der Waals surface area contributed by atoms with Gasteiger partial charge in [-0.05, 0) is 24.1 Å². The number of halogens is 5. The molecule has 2 N–H and O–H groups in total. The summed E-state index contributed by atoms with van der Waals surface area (Å²) in [5.41, 5.74) is 5.07. The molecule has 0 bridgehead atoms. The quantitative estimate of drug-likeness (QED) is 0.821. The number of hydrogen-bond donors (Lipinski definition) is 1. The number of aryl methyl sites for hydroxylation is 2. The lowest BCUT2D eigenvalue weighted by atomic mass is 10.0. The molecule has 0 spiro atoms. The number of nitrogens with zero attached hydrogens (tertiary/aromatic N) is 2. The molecule has 0 amide bonds. The van der Waals surface area contributed by atoms with Crippen molar-refractivity contribution in [1.29, 1.82) is 0 Å². The third-order valence-electron chi connectivity index (χ3n) is 3.46. The van der Waals surface area contributed by atoms with Crippen LogP contribution >= 0.6 is 24.0 Å². The molecule has 9 heteroatoms. The predicted molar refractivity (Wildman–Crippen MR) is 87.6 cm³/mol. The van der Waals surface area contributed by atoms with E-state index < -0.39 is 23.2 Å². The lowest BCUT2D eigenvalue weighted by molar-refractivity contribution is -0.138. The Kier molecular flexibility index (Phi) is 6.44. The van der Waals surface area contributed by atoms with Gasteiger partial charge < -0.3 is 5.73 Å². The van der Waals surface area contributed by atoms with E-state index in [1.54, 1.807) is 18.2 Å². The van der Waals surface area contributed by atoms with E-state index in [-0.39, 0.29) is 31.1 Å². The van der Waals surface area contributed by atoms with Gasteiger partial charge in [0.05, 0.1) is 5.69 Å². The maximum absolute atomic E-state index is 13.2. The van der Waals surface area contributed by atoms with Crippen LogP contribution in [-0.2, 0) is 26.2 Å². The van der Waals surface area contributed by atoms with Gasteiger partial charge in [0.1, 0.15) is 11.3 Å². The van der Waals surface area contributed by atoms with Gasteiger partial charge >= 0.3 is 6.18 Å². The SMILES string of the molecule is Cc1nn(C)c(C(=O)Cc2ccc(Cl)c(CN)c2)c1C(F)(F)F.Cl. The molecule has 0 atom stereocenters. The number of nitrogens with two attached hydrogens (primary N) is 1. The van der Waals surface area contributed by atoms with Crippen molar-refractivity contribution in [2.75, 3.05) is 0 Å². The molecular formula is C15H16Cl2F3N3O. The molecule has 2 rings (SSSR count). The molecule has 0 unspecified atom stereocenters. The molecule has 1 heterocycles. The van der Waals surface area contributed by atoms with E-state index in [9.17, 15) is 18.0 Å². The molecular weight excluding hydrogens is 366 g/mol. The highest BCUT2D eigenvalue weighted by Gasteiger charge is 2.40. The first-order chi connectivity index (χ1) is 10.6. The second-order valence-corrected chi connectivity index (χ2v) is 5.57. The molecule has 0 radical (unpaired) electrons. The summed E-state index contributed by atoms with van der Waals surface area (Å²) >= 11 is 5.94. The summed E-state index contributed by atoms with van der Waals surface area (Å²) in [5.74, 6) is -0.661. The van der Waals surface area contributed by atoms with E-state index in [1.165, 1.54) is 14.0 Å². The lowest BCUT2D eigenvalue weighted by Crippen LogP contribution is -2.17. The molecule has 0 saturated heterocycles. The van der Waals surface area contributed by atoms with Crippen molar-refractivity contribution in [1.82, 2.24) is 9.78 Å². The Bertz CT molecular complexity index is 757. The summed E-state index contributed by atoms with van der Waals surface area (Å²) in [6.45, 7) is 1.41. The van der Waals surface area contributed by atoms with Crippen molar-refractivity contribution < 1.29 is 18.0 Å². The Labute approximate surface area is 148 Å². The van der Waals surface area contributed by atoms with Crippen LogP contribution in [0.5, 0.6) is 0 Å². The van der Waals surface area contributed by atoms with E-state index in [4.69, 9.17) is 17.3 Å². The zero-order valence-electron chi connectivity index (χ0n) is 12.9. The number of carbonyl (C=O) groups is 1. The van der Waals surface area contributed by atoms with Crippen LogP contribution in [0.15, 0.2) is 18.2 Å². The third kappa shape index (κ3) is 4.09. The predicted octanol–water partition coefficient (Wildman–Crippen LogP) is 3.71. The minimum absolute atomic E-state index is 0. The van der Waals surface area contributed by atoms with Crippen LogP contribution < -0.4 is 5.73 Å². The van der Waals surface area contributed by atoms with Crippen LogP contribution in [0.3, 0.4) is 0 Å². The number of alkyl halides is 3. The number of hydrogen-bond acceptors (Lipinski definition) is 3. The van der Waals surface area contributed by atoms with E-state index in [2.05, 4.69) is 5.10 Å². The smallest absolute Gasteiger partial charge is 0.326 e. The average Bonchev–Trinajstić information content (AvgIpc) is 2.75. The maximum atomic E-state index is 13.2. The fraction of sp³-hybridized carbons (Fsp3) is 0.333. The number of Topliss-reactive ketones (excluding diaryl/α,β-unsaturated/α-hetero) is 1. The van der Waals surface area contributed by atoms with Crippen LogP contribution in [0.4, 0.5) is 13.2 Å². The van der Waals surface area contributed by atoms with E-state index in [0.717, 1.165) is 4.68 Å². The third-order valence-corrected chi connectivity index (χ3v) is 3.83. The molecule has 1 aromatic heterocycles. The Morgan fingerprint density at radius 3 is 2.54 bits per heavy atom. The second kappa shape index (κ2) is 7.55. The van der Waals surface area contributed by atoms with Crippen LogP contribution in [0, 0.1) is 6.92 Å². The van der Waals surface area contributed by atoms with Gasteiger partial charge in [-0.2, -0.15) is 18.3 Å². The molecule has 0 aliphatic carbocycles. The molecule has 0 saturated carbocycles. The molecule has 0 aliphatic heterocycles. The summed E-state index contributed by atoms with van der Waals surface area (Å²) in [4.78, 5) is 12.4. The van der Waals surface area contributed by atoms with Crippen molar-refractivity contribution in [3.63, 3.8) is 0 Å². The largest absolute Gasteiger partial charge is 0.420 e. The summed E-state index contributed by atoms with van der Waals surface area (Å²) in [6.07, 6.45) is -4.82. The van der Waals surface area contributed by atoms with Crippen molar-refractivity contribution in [3.8, 4) is 0 Å². The molecule has 1 aromatic carbocycles. The van der Waals surface area contributed by atoms with Crippen LogP contribution in [0.2, 0.25) is 5.02 Å². The average molecular weight is 382 g/mol. The summed E-state index contributed by atoms with van der Waals surface area (Å²) in [7, 11) is 1.32. The van der Waals surface area contributed by atoms with E-state index in [0.29, 0.717) is 16.1 Å². The van der Waals surface area contributed by atoms with Crippen LogP contribution in [0.1, 0.15) is 32.9 Å². The topological polar surface area (TPSA) is 60.9 Å². The Balaban J connectivity index is 0.00000288. The molecule has 0 aliphatic rings.